The average molecular weight is 186 g/mol. The Labute approximate surface area is 79.4 Å². The summed E-state index contributed by atoms with van der Waals surface area (Å²) in [5.41, 5.74) is 0. The van der Waals surface area contributed by atoms with E-state index < -0.39 is 12.1 Å². The van der Waals surface area contributed by atoms with E-state index in [-0.39, 0.29) is 0 Å². The lowest BCUT2D eigenvalue weighted by Gasteiger charge is -2.08. The van der Waals surface area contributed by atoms with Gasteiger partial charge in [-0.15, -0.1) is 6.58 Å². The summed E-state index contributed by atoms with van der Waals surface area (Å²) in [7, 11) is 0. The van der Waals surface area contributed by atoms with E-state index in [1.807, 2.05) is 6.92 Å². The fourth-order valence-corrected chi connectivity index (χ4v) is 0.807. The van der Waals surface area contributed by atoms with Crippen molar-refractivity contribution in [2.45, 2.75) is 38.7 Å². The lowest BCUT2D eigenvalue weighted by Crippen LogP contribution is -2.23. The van der Waals surface area contributed by atoms with Crippen molar-refractivity contribution in [3.63, 3.8) is 0 Å². The molecule has 1 atom stereocenters. The largest absolute Gasteiger partial charge is 0.464 e. The fraction of sp³-hybridized carbons (Fsp3) is 0.700. The minimum Gasteiger partial charge on any atom is -0.464 e. The van der Waals surface area contributed by atoms with Crippen LogP contribution in [-0.2, 0) is 9.53 Å². The number of ether oxygens (including phenoxy) is 1. The molecule has 0 rings (SSSR count). The van der Waals surface area contributed by atoms with E-state index in [0.717, 1.165) is 12.8 Å². The number of aliphatic hydroxyl groups is 1. The molecule has 13 heavy (non-hydrogen) atoms. The highest BCUT2D eigenvalue weighted by molar-refractivity contribution is 5.74. The number of rotatable bonds is 7. The summed E-state index contributed by atoms with van der Waals surface area (Å²) in [6, 6.07) is 0. The van der Waals surface area contributed by atoms with Crippen molar-refractivity contribution in [3.8, 4) is 0 Å². The third-order valence-corrected chi connectivity index (χ3v) is 1.66. The van der Waals surface area contributed by atoms with Crippen LogP contribution in [0.15, 0.2) is 12.7 Å². The van der Waals surface area contributed by atoms with Gasteiger partial charge in [0.05, 0.1) is 6.61 Å². The van der Waals surface area contributed by atoms with Gasteiger partial charge in [-0.3, -0.25) is 0 Å². The van der Waals surface area contributed by atoms with Gasteiger partial charge in [0, 0.05) is 0 Å². The third-order valence-electron chi connectivity index (χ3n) is 1.66. The van der Waals surface area contributed by atoms with Crippen LogP contribution in [0.1, 0.15) is 32.6 Å². The Bertz CT molecular complexity index is 154. The van der Waals surface area contributed by atoms with Crippen LogP contribution in [0.2, 0.25) is 0 Å². The molecule has 0 radical (unpaired) electrons. The molecule has 3 nitrogen and oxygen atoms in total. The van der Waals surface area contributed by atoms with Crippen LogP contribution in [0.3, 0.4) is 0 Å². The summed E-state index contributed by atoms with van der Waals surface area (Å²) in [6.07, 6.45) is 3.53. The molecule has 0 aliphatic rings. The summed E-state index contributed by atoms with van der Waals surface area (Å²) in [5.74, 6) is -0.518. The van der Waals surface area contributed by atoms with Crippen molar-refractivity contribution in [1.29, 1.82) is 0 Å². The minimum absolute atomic E-state index is 0.397. The second-order valence-electron chi connectivity index (χ2n) is 2.90. The third kappa shape index (κ3) is 6.34. The Balaban J connectivity index is 3.50. The number of carbonyl (C=O) groups is 1. The van der Waals surface area contributed by atoms with Gasteiger partial charge in [0.1, 0.15) is 0 Å². The first-order chi connectivity index (χ1) is 6.22. The van der Waals surface area contributed by atoms with E-state index in [1.54, 1.807) is 6.08 Å². The molecule has 0 aliphatic heterocycles. The zero-order chi connectivity index (χ0) is 10.1. The Morgan fingerprint density at radius 2 is 2.38 bits per heavy atom. The second kappa shape index (κ2) is 7.80. The molecule has 1 unspecified atom stereocenters. The first kappa shape index (κ1) is 12.2. The number of hydrogen-bond donors (Lipinski definition) is 1. The molecule has 0 aromatic carbocycles. The highest BCUT2D eigenvalue weighted by Gasteiger charge is 2.14. The van der Waals surface area contributed by atoms with Crippen molar-refractivity contribution in [2.75, 3.05) is 6.61 Å². The average Bonchev–Trinajstić information content (AvgIpc) is 2.14. The predicted octanol–water partition coefficient (Wildman–Crippen LogP) is 1.66. The summed E-state index contributed by atoms with van der Waals surface area (Å²) in [4.78, 5) is 11.0. The van der Waals surface area contributed by atoms with Crippen molar-refractivity contribution in [2.24, 2.45) is 0 Å². The highest BCUT2D eigenvalue weighted by atomic mass is 16.5. The fourth-order valence-electron chi connectivity index (χ4n) is 0.807. The molecule has 0 aliphatic carbocycles. The zero-order valence-corrected chi connectivity index (χ0v) is 8.16. The maximum atomic E-state index is 11.0. The summed E-state index contributed by atoms with van der Waals surface area (Å²) in [6.45, 7) is 5.92. The first-order valence-corrected chi connectivity index (χ1v) is 4.68. The van der Waals surface area contributed by atoms with Crippen LogP contribution >= 0.6 is 0 Å². The van der Waals surface area contributed by atoms with E-state index in [2.05, 4.69) is 6.58 Å². The van der Waals surface area contributed by atoms with Crippen molar-refractivity contribution >= 4 is 5.97 Å². The van der Waals surface area contributed by atoms with E-state index in [4.69, 9.17) is 4.74 Å². The molecular weight excluding hydrogens is 168 g/mol. The molecule has 0 spiro atoms. The summed E-state index contributed by atoms with van der Waals surface area (Å²) in [5, 5.41) is 9.23. The van der Waals surface area contributed by atoms with Gasteiger partial charge in [0.15, 0.2) is 6.10 Å². The van der Waals surface area contributed by atoms with Crippen LogP contribution in [0, 0.1) is 0 Å². The highest BCUT2D eigenvalue weighted by Crippen LogP contribution is 2.00. The number of allylic oxidation sites excluding steroid dienone is 1. The van der Waals surface area contributed by atoms with Crippen LogP contribution in [0.4, 0.5) is 0 Å². The number of esters is 1. The Kier molecular flexibility index (Phi) is 7.30. The molecule has 0 aromatic rings. The van der Waals surface area contributed by atoms with Gasteiger partial charge >= 0.3 is 5.97 Å². The van der Waals surface area contributed by atoms with Gasteiger partial charge in [-0.05, 0) is 19.3 Å². The molecule has 0 saturated heterocycles. The van der Waals surface area contributed by atoms with E-state index in [1.165, 1.54) is 0 Å². The normalized spacial score (nSPS) is 12.2. The van der Waals surface area contributed by atoms with Gasteiger partial charge in [-0.25, -0.2) is 4.79 Å². The van der Waals surface area contributed by atoms with E-state index in [9.17, 15) is 9.90 Å². The van der Waals surface area contributed by atoms with E-state index in [0.29, 0.717) is 19.4 Å². The Morgan fingerprint density at radius 3 is 2.92 bits per heavy atom. The van der Waals surface area contributed by atoms with Crippen LogP contribution in [-0.4, -0.2) is 23.8 Å². The molecule has 0 bridgehead atoms. The van der Waals surface area contributed by atoms with Crippen molar-refractivity contribution in [1.82, 2.24) is 0 Å². The van der Waals surface area contributed by atoms with Gasteiger partial charge in [-0.2, -0.15) is 0 Å². The van der Waals surface area contributed by atoms with E-state index >= 15 is 0 Å². The van der Waals surface area contributed by atoms with Gasteiger partial charge < -0.3 is 9.84 Å². The first-order valence-electron chi connectivity index (χ1n) is 4.68. The quantitative estimate of drug-likeness (QED) is 0.373. The smallest absolute Gasteiger partial charge is 0.334 e. The molecule has 0 saturated carbocycles. The molecule has 0 fully saturated rings. The van der Waals surface area contributed by atoms with Crippen LogP contribution < -0.4 is 0 Å². The van der Waals surface area contributed by atoms with Crippen LogP contribution in [0.25, 0.3) is 0 Å². The molecule has 3 heteroatoms. The minimum atomic E-state index is -0.991. The molecular formula is C10H18O3. The summed E-state index contributed by atoms with van der Waals surface area (Å²) < 4.78 is 4.82. The Morgan fingerprint density at radius 1 is 1.69 bits per heavy atom. The number of hydrogen-bond acceptors (Lipinski definition) is 3. The van der Waals surface area contributed by atoms with Crippen molar-refractivity contribution < 1.29 is 14.6 Å². The molecule has 0 amide bonds. The van der Waals surface area contributed by atoms with Gasteiger partial charge in [0.2, 0.25) is 0 Å². The summed E-state index contributed by atoms with van der Waals surface area (Å²) >= 11 is 0. The second-order valence-corrected chi connectivity index (χ2v) is 2.90. The Hall–Kier alpha value is -0.830. The lowest BCUT2D eigenvalue weighted by atomic mass is 10.2. The molecule has 0 aromatic heterocycles. The standard InChI is InChI=1S/C10H18O3/c1-3-5-7-9(11)10(12)13-8-6-4-2/h3,9,11H,1,4-8H2,2H3. The van der Waals surface area contributed by atoms with Gasteiger partial charge in [0.25, 0.3) is 0 Å². The van der Waals surface area contributed by atoms with Crippen molar-refractivity contribution in [3.05, 3.63) is 12.7 Å². The predicted molar refractivity (Wildman–Crippen MR) is 51.3 cm³/mol. The SMILES string of the molecule is C=CCCC(O)C(=O)OCCCC. The topological polar surface area (TPSA) is 46.5 Å². The van der Waals surface area contributed by atoms with Gasteiger partial charge in [-0.1, -0.05) is 19.4 Å². The lowest BCUT2D eigenvalue weighted by molar-refractivity contribution is -0.153. The number of aliphatic hydroxyl groups excluding tert-OH is 1. The number of unbranched alkanes of at least 4 members (excludes halogenated alkanes) is 1. The molecule has 1 N–H and O–H groups in total. The maximum Gasteiger partial charge on any atom is 0.334 e. The molecule has 0 heterocycles. The maximum absolute atomic E-state index is 11.0. The molecule has 76 valence electrons. The zero-order valence-electron chi connectivity index (χ0n) is 8.16. The number of carbonyl (C=O) groups excluding carboxylic acids is 1. The van der Waals surface area contributed by atoms with Crippen LogP contribution in [0.5, 0.6) is 0 Å². The monoisotopic (exact) mass is 186 g/mol.